The summed E-state index contributed by atoms with van der Waals surface area (Å²) in [7, 11) is -2.01. The Labute approximate surface area is 214 Å². The molecule has 0 fully saturated rings. The average Bonchev–Trinajstić information content (AvgIpc) is 2.81. The molecule has 35 heavy (non-hydrogen) atoms. The van der Waals surface area contributed by atoms with Crippen LogP contribution < -0.4 is 0 Å². The van der Waals surface area contributed by atoms with Crippen LogP contribution in [0.15, 0.2) is 12.2 Å². The maximum atomic E-state index is 12.8. The molecule has 0 bridgehead atoms. The van der Waals surface area contributed by atoms with Crippen molar-refractivity contribution in [3.05, 3.63) is 12.2 Å². The summed E-state index contributed by atoms with van der Waals surface area (Å²) < 4.78 is 34.8. The number of hydrogen-bond donors (Lipinski definition) is 0. The monoisotopic (exact) mass is 530 g/mol. The summed E-state index contributed by atoms with van der Waals surface area (Å²) in [6.45, 7) is 17.6. The van der Waals surface area contributed by atoms with Gasteiger partial charge in [0, 0.05) is 32.6 Å². The summed E-state index contributed by atoms with van der Waals surface area (Å²) in [4.78, 5) is 22.9. The second-order valence-corrected chi connectivity index (χ2v) is 17.5. The summed E-state index contributed by atoms with van der Waals surface area (Å²) in [5.41, 5.74) is 0.929. The summed E-state index contributed by atoms with van der Waals surface area (Å²) in [5.74, 6) is 5.53. The zero-order valence-electron chi connectivity index (χ0n) is 23.2. The summed E-state index contributed by atoms with van der Waals surface area (Å²) >= 11 is 0. The zero-order valence-corrected chi connectivity index (χ0v) is 25.1. The fraction of sp³-hybridized carbons (Fsp3) is 0.769. The average molecular weight is 531 g/mol. The molecule has 0 saturated carbocycles. The number of carbonyl (C=O) groups excluding carboxylic acids is 2. The number of hydrogen-bond acceptors (Lipinski definition) is 7. The fourth-order valence-corrected chi connectivity index (χ4v) is 12.0. The van der Waals surface area contributed by atoms with Crippen LogP contribution in [0.5, 0.6) is 0 Å². The van der Waals surface area contributed by atoms with Crippen molar-refractivity contribution < 1.29 is 32.4 Å². The smallest absolute Gasteiger partial charge is 0.344 e. The molecule has 202 valence electrons. The molecule has 0 aromatic carbocycles. The number of ether oxygens (including phenoxy) is 1. The molecule has 2 atom stereocenters. The van der Waals surface area contributed by atoms with Crippen LogP contribution in [0.1, 0.15) is 80.1 Å². The lowest BCUT2D eigenvalue weighted by Crippen LogP contribution is -2.50. The van der Waals surface area contributed by atoms with Gasteiger partial charge in [-0.05, 0) is 29.5 Å². The van der Waals surface area contributed by atoms with Gasteiger partial charge in [-0.2, -0.15) is 0 Å². The summed E-state index contributed by atoms with van der Waals surface area (Å²) in [6.07, 6.45) is 3.75. The van der Waals surface area contributed by atoms with E-state index in [-0.39, 0.29) is 6.10 Å². The Hall–Kier alpha value is -1.23. The molecular formula is C26H47O7PSi. The Morgan fingerprint density at radius 2 is 1.49 bits per heavy atom. The van der Waals surface area contributed by atoms with Crippen molar-refractivity contribution >= 4 is 28.2 Å². The fourth-order valence-electron chi connectivity index (χ4n) is 4.88. The predicted molar refractivity (Wildman–Crippen MR) is 144 cm³/mol. The molecule has 0 radical (unpaired) electrons. The van der Waals surface area contributed by atoms with Crippen molar-refractivity contribution in [3.63, 3.8) is 0 Å². The van der Waals surface area contributed by atoms with E-state index in [1.807, 2.05) is 0 Å². The van der Waals surface area contributed by atoms with Crippen molar-refractivity contribution in [2.24, 2.45) is 0 Å². The van der Waals surface area contributed by atoms with Gasteiger partial charge in [0.05, 0.1) is 13.2 Å². The van der Waals surface area contributed by atoms with Crippen LogP contribution in [-0.4, -0.2) is 53.7 Å². The lowest BCUT2D eigenvalue weighted by atomic mass is 10.0. The number of carbonyl (C=O) groups is 2. The molecule has 0 aliphatic rings. The van der Waals surface area contributed by atoms with E-state index >= 15 is 0 Å². The van der Waals surface area contributed by atoms with Gasteiger partial charge in [0.15, 0.2) is 5.66 Å². The maximum Gasteiger partial charge on any atom is 0.344 e. The standard InChI is InChI=1S/C26H47O7PSi/c1-20(2)35(21(3)4,22(5)6)33-24(23(7)16-12-11-15-19-27)17-13-14-18-25(26(28)30-8)34(29,31-9)32-10/h19-22,24-25H,7,11,13-15,17-18H2,1-6,8-10H3. The second-order valence-electron chi connectivity index (χ2n) is 9.68. The molecule has 7 nitrogen and oxygen atoms in total. The predicted octanol–water partition coefficient (Wildman–Crippen LogP) is 6.67. The highest BCUT2D eigenvalue weighted by Crippen LogP contribution is 2.53. The van der Waals surface area contributed by atoms with Gasteiger partial charge >= 0.3 is 13.6 Å². The molecule has 9 heteroatoms. The van der Waals surface area contributed by atoms with Crippen molar-refractivity contribution in [3.8, 4) is 11.8 Å². The van der Waals surface area contributed by atoms with Gasteiger partial charge in [0.2, 0.25) is 8.32 Å². The van der Waals surface area contributed by atoms with E-state index in [1.165, 1.54) is 21.3 Å². The van der Waals surface area contributed by atoms with Crippen molar-refractivity contribution in [1.82, 2.24) is 0 Å². The van der Waals surface area contributed by atoms with Crippen molar-refractivity contribution in [2.45, 2.75) is 108 Å². The van der Waals surface area contributed by atoms with E-state index in [4.69, 9.17) is 18.2 Å². The van der Waals surface area contributed by atoms with Crippen LogP contribution in [-0.2, 0) is 32.4 Å². The minimum Gasteiger partial charge on any atom is -0.468 e. The first kappa shape index (κ1) is 33.8. The first-order valence-corrected chi connectivity index (χ1v) is 16.2. The molecule has 0 aromatic heterocycles. The third-order valence-electron chi connectivity index (χ3n) is 6.64. The number of aldehydes is 1. The van der Waals surface area contributed by atoms with Gasteiger partial charge < -0.3 is 23.0 Å². The van der Waals surface area contributed by atoms with Gasteiger partial charge in [-0.1, -0.05) is 72.8 Å². The molecule has 2 unspecified atom stereocenters. The largest absolute Gasteiger partial charge is 0.468 e. The van der Waals surface area contributed by atoms with Crippen LogP contribution >= 0.6 is 7.60 Å². The molecule has 0 saturated heterocycles. The normalized spacial score (nSPS) is 13.9. The van der Waals surface area contributed by atoms with E-state index in [9.17, 15) is 14.2 Å². The molecule has 0 spiro atoms. The van der Waals surface area contributed by atoms with Crippen molar-refractivity contribution in [2.75, 3.05) is 21.3 Å². The number of esters is 1. The van der Waals surface area contributed by atoms with Crippen LogP contribution in [0.4, 0.5) is 0 Å². The minimum atomic E-state index is -3.61. The van der Waals surface area contributed by atoms with Gasteiger partial charge in [-0.15, -0.1) is 0 Å². The van der Waals surface area contributed by atoms with Crippen LogP contribution in [0.2, 0.25) is 16.6 Å². The van der Waals surface area contributed by atoms with Gasteiger partial charge in [0.1, 0.15) is 6.29 Å². The highest BCUT2D eigenvalue weighted by molar-refractivity contribution is 7.55. The van der Waals surface area contributed by atoms with Gasteiger partial charge in [-0.3, -0.25) is 9.36 Å². The highest BCUT2D eigenvalue weighted by Gasteiger charge is 2.47. The Morgan fingerprint density at radius 1 is 0.971 bits per heavy atom. The van der Waals surface area contributed by atoms with Crippen LogP contribution in [0.3, 0.4) is 0 Å². The lowest BCUT2D eigenvalue weighted by Gasteiger charge is -2.44. The number of unbranched alkanes of at least 4 members (excludes halogenated alkanes) is 2. The van der Waals surface area contributed by atoms with Gasteiger partial charge in [-0.25, -0.2) is 0 Å². The molecule has 0 heterocycles. The first-order valence-electron chi connectivity index (χ1n) is 12.5. The highest BCUT2D eigenvalue weighted by atomic mass is 31.2. The number of rotatable bonds is 17. The van der Waals surface area contributed by atoms with E-state index < -0.39 is 27.5 Å². The Balaban J connectivity index is 5.73. The molecule has 0 N–H and O–H groups in total. The van der Waals surface area contributed by atoms with Crippen molar-refractivity contribution in [1.29, 1.82) is 0 Å². The SMILES string of the molecule is C=C(C#CCCC=O)C(CCCCC(C(=O)OC)P(=O)(OC)OC)O[Si](C(C)C)(C(C)C)C(C)C. The molecule has 0 amide bonds. The van der Waals surface area contributed by atoms with E-state index in [0.717, 1.165) is 6.29 Å². The molecular weight excluding hydrogens is 483 g/mol. The molecule has 0 aromatic rings. The first-order chi connectivity index (χ1) is 16.4. The maximum absolute atomic E-state index is 12.8. The van der Waals surface area contributed by atoms with Gasteiger partial charge in [0.25, 0.3) is 0 Å². The molecule has 0 rings (SSSR count). The van der Waals surface area contributed by atoms with E-state index in [2.05, 4.69) is 60.0 Å². The van der Waals surface area contributed by atoms with Crippen LogP contribution in [0, 0.1) is 11.8 Å². The zero-order chi connectivity index (χ0) is 27.2. The Morgan fingerprint density at radius 3 is 1.91 bits per heavy atom. The quantitative estimate of drug-likeness (QED) is 0.0518. The van der Waals surface area contributed by atoms with E-state index in [1.54, 1.807) is 0 Å². The molecule has 0 aliphatic carbocycles. The molecule has 0 aliphatic heterocycles. The third kappa shape index (κ3) is 9.63. The third-order valence-corrected chi connectivity index (χ3v) is 15.0. The van der Waals surface area contributed by atoms with Crippen LogP contribution in [0.25, 0.3) is 0 Å². The summed E-state index contributed by atoms with van der Waals surface area (Å²) in [5, 5.41) is 0. The second kappa shape index (κ2) is 16.5. The Kier molecular flexibility index (Phi) is 15.9. The summed E-state index contributed by atoms with van der Waals surface area (Å²) in [6, 6.07) is 0. The van der Waals surface area contributed by atoms with E-state index in [0.29, 0.717) is 60.7 Å². The Bertz CT molecular complexity index is 753. The topological polar surface area (TPSA) is 88.1 Å². The number of methoxy groups -OCH3 is 1. The minimum absolute atomic E-state index is 0.258. The lowest BCUT2D eigenvalue weighted by molar-refractivity contribution is -0.140.